The van der Waals surface area contributed by atoms with Gasteiger partial charge < -0.3 is 10.2 Å². The Morgan fingerprint density at radius 1 is 1.11 bits per heavy atom. The molecule has 1 unspecified atom stereocenters. The Bertz CT molecular complexity index is 1630. The second-order valence-electron chi connectivity index (χ2n) is 10.6. The highest BCUT2D eigenvalue weighted by Crippen LogP contribution is 2.40. The predicted octanol–water partition coefficient (Wildman–Crippen LogP) is 4.96. The number of rotatable bonds is 6. The molecule has 2 aliphatic rings. The summed E-state index contributed by atoms with van der Waals surface area (Å²) in [6.07, 6.45) is 6.95. The topological polar surface area (TPSA) is 106 Å². The van der Waals surface area contributed by atoms with Crippen molar-refractivity contribution in [1.82, 2.24) is 24.7 Å². The molecule has 1 N–H and O–H groups in total. The summed E-state index contributed by atoms with van der Waals surface area (Å²) in [5.41, 5.74) is 3.00. The van der Waals surface area contributed by atoms with E-state index in [9.17, 15) is 8.42 Å². The number of hydrogen-bond acceptors (Lipinski definition) is 8. The minimum absolute atomic E-state index is 0.187. The number of aryl methyl sites for hydroxylation is 1. The lowest BCUT2D eigenvalue weighted by atomic mass is 9.90. The Balaban J connectivity index is 1.29. The van der Waals surface area contributed by atoms with E-state index in [0.717, 1.165) is 42.4 Å². The lowest BCUT2D eigenvalue weighted by Gasteiger charge is -2.44. The molecule has 1 aromatic carbocycles. The van der Waals surface area contributed by atoms with Crippen LogP contribution in [-0.2, 0) is 16.9 Å². The van der Waals surface area contributed by atoms with E-state index >= 15 is 0 Å². The van der Waals surface area contributed by atoms with Gasteiger partial charge in [0.2, 0.25) is 0 Å². The average molecular weight is 552 g/mol. The summed E-state index contributed by atoms with van der Waals surface area (Å²) in [5, 5.41) is 9.83. The van der Waals surface area contributed by atoms with Gasteiger partial charge in [-0.25, -0.2) is 23.4 Å². The van der Waals surface area contributed by atoms with Gasteiger partial charge >= 0.3 is 0 Å². The molecule has 2 fully saturated rings. The Morgan fingerprint density at radius 2 is 1.92 bits per heavy atom. The summed E-state index contributed by atoms with van der Waals surface area (Å²) < 4.78 is 26.5. The number of nitrogens with zero attached hydrogens (tertiary/aromatic N) is 6. The van der Waals surface area contributed by atoms with Crippen LogP contribution in [0.25, 0.3) is 22.2 Å². The number of hydrogen-bond donors (Lipinski definition) is 1. The van der Waals surface area contributed by atoms with Crippen LogP contribution in [0.1, 0.15) is 38.2 Å². The van der Waals surface area contributed by atoms with Crippen molar-refractivity contribution in [3.63, 3.8) is 0 Å². The number of nitrogens with one attached hydrogen (secondary N) is 1. The molecule has 5 heterocycles. The molecular formula is C27H30ClN7O2S. The van der Waals surface area contributed by atoms with Crippen molar-refractivity contribution in [2.75, 3.05) is 29.1 Å². The standard InChI is InChI=1S/C27H30ClN7O2S/c1-16(2)18-6-7-22(35-13-17(14-35)23-5-4-10-38(23,36)37)20-12-30-25(11-19(18)20)31-24-8-9-29-27(32-24)21-15-34(3)33-26(21)28/h6-9,11-12,15-17,23H,4-5,10,13-14H2,1-3H3,(H,29,30,31,32). The maximum Gasteiger partial charge on any atom is 0.166 e. The van der Waals surface area contributed by atoms with Gasteiger partial charge in [-0.05, 0) is 47.9 Å². The summed E-state index contributed by atoms with van der Waals surface area (Å²) in [4.78, 5) is 16.0. The first kappa shape index (κ1) is 25.1. The van der Waals surface area contributed by atoms with Crippen LogP contribution in [0.3, 0.4) is 0 Å². The van der Waals surface area contributed by atoms with Crippen LogP contribution < -0.4 is 10.2 Å². The fourth-order valence-corrected chi connectivity index (χ4v) is 8.09. The summed E-state index contributed by atoms with van der Waals surface area (Å²) in [6, 6.07) is 8.18. The molecule has 1 atom stereocenters. The zero-order chi connectivity index (χ0) is 26.6. The van der Waals surface area contributed by atoms with Gasteiger partial charge in [0.15, 0.2) is 20.8 Å². The fraction of sp³-hybridized carbons (Fsp3) is 0.407. The highest BCUT2D eigenvalue weighted by atomic mass is 35.5. The van der Waals surface area contributed by atoms with Crippen LogP contribution in [0.2, 0.25) is 5.15 Å². The first-order valence-electron chi connectivity index (χ1n) is 12.9. The highest BCUT2D eigenvalue weighted by molar-refractivity contribution is 7.92. The van der Waals surface area contributed by atoms with E-state index in [-0.39, 0.29) is 11.2 Å². The molecule has 0 saturated carbocycles. The van der Waals surface area contributed by atoms with Crippen molar-refractivity contribution in [2.24, 2.45) is 13.0 Å². The molecule has 0 spiro atoms. The quantitative estimate of drug-likeness (QED) is 0.358. The largest absolute Gasteiger partial charge is 0.370 e. The van der Waals surface area contributed by atoms with E-state index in [0.29, 0.717) is 39.8 Å². The predicted molar refractivity (Wildman–Crippen MR) is 151 cm³/mol. The molecule has 0 radical (unpaired) electrons. The molecule has 0 bridgehead atoms. The Labute approximate surface area is 227 Å². The number of sulfone groups is 1. The fourth-order valence-electron chi connectivity index (χ4n) is 5.68. The molecule has 3 aromatic heterocycles. The van der Waals surface area contributed by atoms with Crippen molar-refractivity contribution in [3.05, 3.63) is 53.6 Å². The molecule has 38 heavy (non-hydrogen) atoms. The van der Waals surface area contributed by atoms with Gasteiger partial charge in [-0.3, -0.25) is 4.68 Å². The Kier molecular flexibility index (Phi) is 6.26. The second kappa shape index (κ2) is 9.50. The van der Waals surface area contributed by atoms with E-state index in [1.807, 2.05) is 6.20 Å². The van der Waals surface area contributed by atoms with Crippen LogP contribution in [0.4, 0.5) is 17.3 Å². The van der Waals surface area contributed by atoms with E-state index in [4.69, 9.17) is 16.6 Å². The maximum atomic E-state index is 12.4. The Morgan fingerprint density at radius 3 is 2.61 bits per heavy atom. The van der Waals surface area contributed by atoms with Gasteiger partial charge in [0.25, 0.3) is 0 Å². The summed E-state index contributed by atoms with van der Waals surface area (Å²) in [5.74, 6) is 2.63. The number of aromatic nitrogens is 5. The smallest absolute Gasteiger partial charge is 0.166 e. The minimum atomic E-state index is -2.94. The zero-order valence-corrected chi connectivity index (χ0v) is 23.2. The normalized spacial score (nSPS) is 19.3. The third kappa shape index (κ3) is 4.49. The van der Waals surface area contributed by atoms with Gasteiger partial charge in [-0.15, -0.1) is 0 Å². The Hall–Kier alpha value is -3.24. The van der Waals surface area contributed by atoms with Crippen molar-refractivity contribution >= 4 is 49.5 Å². The summed E-state index contributed by atoms with van der Waals surface area (Å²) in [6.45, 7) is 5.89. The molecule has 0 aliphatic carbocycles. The zero-order valence-electron chi connectivity index (χ0n) is 21.6. The van der Waals surface area contributed by atoms with Crippen molar-refractivity contribution in [1.29, 1.82) is 0 Å². The van der Waals surface area contributed by atoms with Crippen LogP contribution in [-0.4, -0.2) is 57.2 Å². The van der Waals surface area contributed by atoms with Crippen LogP contribution in [0, 0.1) is 5.92 Å². The number of halogens is 1. The molecule has 4 aromatic rings. The van der Waals surface area contributed by atoms with E-state index in [2.05, 4.69) is 57.3 Å². The average Bonchev–Trinajstić information content (AvgIpc) is 3.37. The van der Waals surface area contributed by atoms with Gasteiger partial charge in [-0.2, -0.15) is 5.10 Å². The van der Waals surface area contributed by atoms with Gasteiger partial charge in [-0.1, -0.05) is 31.5 Å². The monoisotopic (exact) mass is 551 g/mol. The molecule has 2 saturated heterocycles. The van der Waals surface area contributed by atoms with E-state index in [1.54, 1.807) is 30.2 Å². The second-order valence-corrected chi connectivity index (χ2v) is 13.3. The third-order valence-corrected chi connectivity index (χ3v) is 10.3. The van der Waals surface area contributed by atoms with E-state index in [1.165, 1.54) is 5.56 Å². The molecule has 6 rings (SSSR count). The number of pyridine rings is 1. The van der Waals surface area contributed by atoms with Gasteiger partial charge in [0.1, 0.15) is 11.6 Å². The molecule has 2 aliphatic heterocycles. The summed E-state index contributed by atoms with van der Waals surface area (Å²) >= 11 is 6.24. The number of anilines is 3. The van der Waals surface area contributed by atoms with Gasteiger partial charge in [0.05, 0.1) is 16.6 Å². The van der Waals surface area contributed by atoms with Gasteiger partial charge in [0, 0.05) is 55.7 Å². The van der Waals surface area contributed by atoms with Crippen molar-refractivity contribution < 1.29 is 8.42 Å². The summed E-state index contributed by atoms with van der Waals surface area (Å²) in [7, 11) is -1.14. The third-order valence-electron chi connectivity index (χ3n) is 7.63. The first-order valence-corrected chi connectivity index (χ1v) is 15.0. The van der Waals surface area contributed by atoms with Crippen LogP contribution >= 0.6 is 11.6 Å². The molecule has 9 nitrogen and oxygen atoms in total. The maximum absolute atomic E-state index is 12.4. The SMILES string of the molecule is CC(C)c1ccc(N2CC(C3CCCS3(=O)=O)C2)c2cnc(Nc3ccnc(-c4cn(C)nc4Cl)n3)cc12. The van der Waals surface area contributed by atoms with E-state index < -0.39 is 9.84 Å². The first-order chi connectivity index (χ1) is 18.2. The molecule has 198 valence electrons. The van der Waals surface area contributed by atoms with Crippen LogP contribution in [0.15, 0.2) is 42.9 Å². The molecule has 11 heteroatoms. The van der Waals surface area contributed by atoms with Crippen molar-refractivity contribution in [3.8, 4) is 11.4 Å². The highest BCUT2D eigenvalue weighted by Gasteiger charge is 2.43. The number of benzene rings is 1. The lowest BCUT2D eigenvalue weighted by Crippen LogP contribution is -2.53. The van der Waals surface area contributed by atoms with Crippen LogP contribution in [0.5, 0.6) is 0 Å². The lowest BCUT2D eigenvalue weighted by molar-refractivity contribution is 0.382. The number of fused-ring (bicyclic) bond motifs is 1. The molecule has 0 amide bonds. The minimum Gasteiger partial charge on any atom is -0.370 e. The van der Waals surface area contributed by atoms with Crippen molar-refractivity contribution in [2.45, 2.75) is 37.9 Å². The molecular weight excluding hydrogens is 522 g/mol.